The molecule has 2 aromatic heterocycles. The van der Waals surface area contributed by atoms with Gasteiger partial charge in [0.1, 0.15) is 6.04 Å². The summed E-state index contributed by atoms with van der Waals surface area (Å²) in [5, 5.41) is 7.61. The van der Waals surface area contributed by atoms with Gasteiger partial charge in [0.15, 0.2) is 0 Å². The zero-order valence-corrected chi connectivity index (χ0v) is 14.5. The van der Waals surface area contributed by atoms with Crippen LogP contribution in [0.2, 0.25) is 0 Å². The zero-order chi connectivity index (χ0) is 17.9. The summed E-state index contributed by atoms with van der Waals surface area (Å²) in [6, 6.07) is 6.38. The summed E-state index contributed by atoms with van der Waals surface area (Å²) in [5.74, 6) is 0.158. The van der Waals surface area contributed by atoms with Crippen LogP contribution in [0.15, 0.2) is 41.5 Å². The summed E-state index contributed by atoms with van der Waals surface area (Å²) in [6.45, 7) is 0.763. The predicted molar refractivity (Wildman–Crippen MR) is 95.5 cm³/mol. The molecule has 0 aromatic carbocycles. The number of nitrogens with zero attached hydrogens (tertiary/aromatic N) is 3. The van der Waals surface area contributed by atoms with Gasteiger partial charge in [-0.1, -0.05) is 12.8 Å². The maximum Gasteiger partial charge on any atom is 0.267 e. The minimum atomic E-state index is -0.297. The van der Waals surface area contributed by atoms with Crippen molar-refractivity contribution >= 4 is 5.91 Å². The fourth-order valence-corrected chi connectivity index (χ4v) is 3.75. The Labute approximate surface area is 151 Å². The third-order valence-corrected chi connectivity index (χ3v) is 5.22. The van der Waals surface area contributed by atoms with Crippen LogP contribution in [-0.4, -0.2) is 39.9 Å². The van der Waals surface area contributed by atoms with E-state index in [1.807, 2.05) is 12.1 Å². The van der Waals surface area contributed by atoms with Crippen LogP contribution in [0.5, 0.6) is 0 Å². The zero-order valence-electron chi connectivity index (χ0n) is 14.5. The molecule has 1 saturated heterocycles. The van der Waals surface area contributed by atoms with Gasteiger partial charge in [-0.05, 0) is 31.0 Å². The molecule has 2 atom stereocenters. The molecule has 0 radical (unpaired) electrons. The van der Waals surface area contributed by atoms with Crippen LogP contribution in [0, 0.1) is 5.92 Å². The maximum atomic E-state index is 12.5. The minimum absolute atomic E-state index is 0.0707. The summed E-state index contributed by atoms with van der Waals surface area (Å²) in [7, 11) is 0. The fraction of sp³-hybridized carbons (Fsp3) is 0.474. The highest BCUT2D eigenvalue weighted by Crippen LogP contribution is 2.26. The number of carbonyl (C=O) groups is 1. The van der Waals surface area contributed by atoms with Crippen molar-refractivity contribution in [1.82, 2.24) is 20.1 Å². The van der Waals surface area contributed by atoms with Crippen LogP contribution in [0.4, 0.5) is 0 Å². The van der Waals surface area contributed by atoms with Crippen molar-refractivity contribution < 1.29 is 9.53 Å². The van der Waals surface area contributed by atoms with E-state index in [0.29, 0.717) is 18.9 Å². The molecule has 136 valence electrons. The summed E-state index contributed by atoms with van der Waals surface area (Å²) in [6.07, 6.45) is 7.49. The number of pyridine rings is 1. The Hall–Kier alpha value is -2.54. The second kappa shape index (κ2) is 7.37. The number of carbonyl (C=O) groups excluding carboxylic acids is 1. The van der Waals surface area contributed by atoms with Gasteiger partial charge in [-0.3, -0.25) is 14.6 Å². The normalized spacial score (nSPS) is 23.2. The van der Waals surface area contributed by atoms with E-state index in [1.54, 1.807) is 18.5 Å². The van der Waals surface area contributed by atoms with Gasteiger partial charge in [-0.2, -0.15) is 5.10 Å². The van der Waals surface area contributed by atoms with Crippen molar-refractivity contribution in [1.29, 1.82) is 0 Å². The molecule has 1 N–H and O–H groups in total. The van der Waals surface area contributed by atoms with E-state index >= 15 is 0 Å². The highest BCUT2D eigenvalue weighted by Gasteiger charge is 2.34. The largest absolute Gasteiger partial charge is 0.377 e. The number of aromatic nitrogens is 3. The first kappa shape index (κ1) is 16.9. The molecule has 2 unspecified atom stereocenters. The smallest absolute Gasteiger partial charge is 0.267 e. The molecule has 3 heterocycles. The third kappa shape index (κ3) is 3.39. The van der Waals surface area contributed by atoms with Crippen molar-refractivity contribution in [3.63, 3.8) is 0 Å². The Morgan fingerprint density at radius 3 is 2.65 bits per heavy atom. The molecular formula is C19H22N4O3. The molecule has 2 fully saturated rings. The van der Waals surface area contributed by atoms with Crippen LogP contribution in [0.3, 0.4) is 0 Å². The lowest BCUT2D eigenvalue weighted by Gasteiger charge is -2.22. The Kier molecular flexibility index (Phi) is 4.79. The highest BCUT2D eigenvalue weighted by molar-refractivity contribution is 5.79. The van der Waals surface area contributed by atoms with Crippen LogP contribution in [0.25, 0.3) is 11.3 Å². The molecule has 0 bridgehead atoms. The van der Waals surface area contributed by atoms with Gasteiger partial charge >= 0.3 is 0 Å². The van der Waals surface area contributed by atoms with E-state index in [-0.39, 0.29) is 29.5 Å². The van der Waals surface area contributed by atoms with Crippen LogP contribution in [0.1, 0.15) is 31.7 Å². The Morgan fingerprint density at radius 1 is 1.12 bits per heavy atom. The summed E-state index contributed by atoms with van der Waals surface area (Å²) >= 11 is 0. The first-order valence-electron chi connectivity index (χ1n) is 9.11. The predicted octanol–water partition coefficient (Wildman–Crippen LogP) is 1.55. The van der Waals surface area contributed by atoms with Crippen LogP contribution < -0.4 is 10.9 Å². The molecule has 2 aromatic rings. The molecule has 1 saturated carbocycles. The standard InChI is InChI=1S/C19H22N4O3/c24-18-6-5-15(13-7-9-20-10-8-13)22-23(18)17-12-26-11-16(17)21-19(25)14-3-1-2-4-14/h5-10,14,16-17H,1-4,11-12H2,(H,21,25). The van der Waals surface area contributed by atoms with Crippen molar-refractivity contribution in [2.75, 3.05) is 13.2 Å². The minimum Gasteiger partial charge on any atom is -0.377 e. The van der Waals surface area contributed by atoms with Gasteiger partial charge < -0.3 is 10.1 Å². The van der Waals surface area contributed by atoms with Crippen molar-refractivity contribution in [2.45, 2.75) is 37.8 Å². The monoisotopic (exact) mass is 354 g/mol. The maximum absolute atomic E-state index is 12.5. The van der Waals surface area contributed by atoms with E-state index in [0.717, 1.165) is 31.2 Å². The first-order chi connectivity index (χ1) is 12.7. The van der Waals surface area contributed by atoms with Gasteiger partial charge in [-0.25, -0.2) is 4.68 Å². The third-order valence-electron chi connectivity index (χ3n) is 5.22. The first-order valence-corrected chi connectivity index (χ1v) is 9.11. The average Bonchev–Trinajstić information content (AvgIpc) is 3.35. The quantitative estimate of drug-likeness (QED) is 0.900. The van der Waals surface area contributed by atoms with E-state index in [1.165, 1.54) is 10.7 Å². The van der Waals surface area contributed by atoms with Crippen molar-refractivity contribution in [3.05, 3.63) is 47.0 Å². The summed E-state index contributed by atoms with van der Waals surface area (Å²) in [5.41, 5.74) is 1.39. The Balaban J connectivity index is 1.57. The molecule has 26 heavy (non-hydrogen) atoms. The van der Waals surface area contributed by atoms with E-state index in [9.17, 15) is 9.59 Å². The molecular weight excluding hydrogens is 332 g/mol. The van der Waals surface area contributed by atoms with Gasteiger partial charge in [0, 0.05) is 29.9 Å². The molecule has 1 aliphatic carbocycles. The number of hydrogen-bond acceptors (Lipinski definition) is 5. The van der Waals surface area contributed by atoms with E-state index < -0.39 is 0 Å². The second-order valence-electron chi connectivity index (χ2n) is 6.94. The Morgan fingerprint density at radius 2 is 1.88 bits per heavy atom. The van der Waals surface area contributed by atoms with E-state index in [4.69, 9.17) is 4.74 Å². The molecule has 2 aliphatic rings. The topological polar surface area (TPSA) is 86.1 Å². The summed E-state index contributed by atoms with van der Waals surface area (Å²) in [4.78, 5) is 28.9. The van der Waals surface area contributed by atoms with Crippen LogP contribution in [-0.2, 0) is 9.53 Å². The fourth-order valence-electron chi connectivity index (χ4n) is 3.75. The summed E-state index contributed by atoms with van der Waals surface area (Å²) < 4.78 is 7.01. The van der Waals surface area contributed by atoms with Crippen molar-refractivity contribution in [3.8, 4) is 11.3 Å². The molecule has 1 amide bonds. The second-order valence-corrected chi connectivity index (χ2v) is 6.94. The molecule has 7 nitrogen and oxygen atoms in total. The molecule has 7 heteroatoms. The number of ether oxygens (including phenoxy) is 1. The lowest BCUT2D eigenvalue weighted by atomic mass is 10.1. The highest BCUT2D eigenvalue weighted by atomic mass is 16.5. The average molecular weight is 354 g/mol. The Bertz CT molecular complexity index is 830. The number of hydrogen-bond donors (Lipinski definition) is 1. The lowest BCUT2D eigenvalue weighted by Crippen LogP contribution is -2.45. The lowest BCUT2D eigenvalue weighted by molar-refractivity contribution is -0.125. The van der Waals surface area contributed by atoms with Gasteiger partial charge in [0.2, 0.25) is 5.91 Å². The molecule has 4 rings (SSSR count). The number of nitrogens with one attached hydrogen (secondary N) is 1. The number of rotatable bonds is 4. The van der Waals surface area contributed by atoms with E-state index in [2.05, 4.69) is 15.4 Å². The van der Waals surface area contributed by atoms with Crippen molar-refractivity contribution in [2.24, 2.45) is 5.92 Å². The van der Waals surface area contributed by atoms with Gasteiger partial charge in [0.05, 0.1) is 24.9 Å². The van der Waals surface area contributed by atoms with Gasteiger partial charge in [0.25, 0.3) is 5.56 Å². The van der Waals surface area contributed by atoms with Crippen LogP contribution >= 0.6 is 0 Å². The molecule has 1 aliphatic heterocycles. The van der Waals surface area contributed by atoms with Gasteiger partial charge in [-0.15, -0.1) is 0 Å². The molecule has 0 spiro atoms. The number of amides is 1. The SMILES string of the molecule is O=C(NC1COCC1n1nc(-c2ccncc2)ccc1=O)C1CCCC1.